The van der Waals surface area contributed by atoms with Crippen LogP contribution in [0.4, 0.5) is 0 Å². The predicted octanol–water partition coefficient (Wildman–Crippen LogP) is -0.475. The topological polar surface area (TPSA) is 63.4 Å². The molecular formula is C8H14N2O2. The molecule has 1 aliphatic rings. The van der Waals surface area contributed by atoms with E-state index in [0.29, 0.717) is 0 Å². The van der Waals surface area contributed by atoms with Crippen LogP contribution in [0.25, 0.3) is 0 Å². The van der Waals surface area contributed by atoms with Crippen molar-refractivity contribution in [3.8, 4) is 0 Å². The molecule has 0 saturated heterocycles. The van der Waals surface area contributed by atoms with E-state index in [-0.39, 0.29) is 25.0 Å². The number of rotatable bonds is 4. The Bertz CT molecular complexity index is 178. The van der Waals surface area contributed by atoms with E-state index in [4.69, 9.17) is 5.73 Å². The van der Waals surface area contributed by atoms with Crippen LogP contribution in [0, 0.1) is 0 Å². The highest BCUT2D eigenvalue weighted by Gasteiger charge is 2.27. The molecule has 0 bridgehead atoms. The van der Waals surface area contributed by atoms with Crippen molar-refractivity contribution in [3.63, 3.8) is 0 Å². The van der Waals surface area contributed by atoms with Gasteiger partial charge >= 0.3 is 0 Å². The van der Waals surface area contributed by atoms with E-state index in [9.17, 15) is 9.59 Å². The molecule has 0 aliphatic heterocycles. The maximum Gasteiger partial charge on any atom is 0.236 e. The van der Waals surface area contributed by atoms with Crippen LogP contribution in [0.15, 0.2) is 0 Å². The van der Waals surface area contributed by atoms with E-state index < -0.39 is 0 Å². The Hall–Kier alpha value is -0.900. The van der Waals surface area contributed by atoms with Crippen LogP contribution in [-0.4, -0.2) is 36.2 Å². The summed E-state index contributed by atoms with van der Waals surface area (Å²) in [5, 5.41) is 0. The van der Waals surface area contributed by atoms with E-state index >= 15 is 0 Å². The minimum Gasteiger partial charge on any atom is -0.332 e. The molecule has 0 radical (unpaired) electrons. The fraction of sp³-hybridized carbons (Fsp3) is 0.750. The van der Waals surface area contributed by atoms with Gasteiger partial charge in [-0.1, -0.05) is 0 Å². The summed E-state index contributed by atoms with van der Waals surface area (Å²) in [4.78, 5) is 23.0. The first-order valence-corrected chi connectivity index (χ1v) is 4.22. The quantitative estimate of drug-likeness (QED) is 0.580. The molecule has 4 heteroatoms. The molecule has 0 spiro atoms. The van der Waals surface area contributed by atoms with Gasteiger partial charge in [0.1, 0.15) is 6.29 Å². The average molecular weight is 170 g/mol. The Morgan fingerprint density at radius 1 is 1.58 bits per heavy atom. The minimum absolute atomic E-state index is 0.00431. The number of nitrogens with zero attached hydrogens (tertiary/aromatic N) is 1. The van der Waals surface area contributed by atoms with Crippen LogP contribution in [0.2, 0.25) is 0 Å². The van der Waals surface area contributed by atoms with Crippen molar-refractivity contribution in [2.45, 2.75) is 25.3 Å². The SMILES string of the molecule is NCC(=O)N(CC=O)C1CCC1. The predicted molar refractivity (Wildman–Crippen MR) is 44.5 cm³/mol. The lowest BCUT2D eigenvalue weighted by Crippen LogP contribution is -2.47. The van der Waals surface area contributed by atoms with Crippen molar-refractivity contribution in [1.82, 2.24) is 4.90 Å². The zero-order valence-corrected chi connectivity index (χ0v) is 7.03. The Balaban J connectivity index is 2.46. The largest absolute Gasteiger partial charge is 0.332 e. The molecule has 1 saturated carbocycles. The van der Waals surface area contributed by atoms with Crippen molar-refractivity contribution in [1.29, 1.82) is 0 Å². The number of hydrogen-bond acceptors (Lipinski definition) is 3. The van der Waals surface area contributed by atoms with Gasteiger partial charge in [0.2, 0.25) is 5.91 Å². The van der Waals surface area contributed by atoms with E-state index in [2.05, 4.69) is 0 Å². The second-order valence-corrected chi connectivity index (χ2v) is 3.00. The van der Waals surface area contributed by atoms with Gasteiger partial charge in [-0.2, -0.15) is 0 Å². The highest BCUT2D eigenvalue weighted by atomic mass is 16.2. The van der Waals surface area contributed by atoms with E-state index in [0.717, 1.165) is 25.5 Å². The maximum atomic E-state index is 11.2. The molecule has 12 heavy (non-hydrogen) atoms. The molecule has 4 nitrogen and oxygen atoms in total. The Morgan fingerprint density at radius 2 is 2.25 bits per heavy atom. The Labute approximate surface area is 71.7 Å². The van der Waals surface area contributed by atoms with Crippen LogP contribution in [0.5, 0.6) is 0 Å². The molecule has 0 aromatic heterocycles. The van der Waals surface area contributed by atoms with Gasteiger partial charge in [-0.3, -0.25) is 4.79 Å². The Kier molecular flexibility index (Phi) is 3.22. The zero-order chi connectivity index (χ0) is 8.97. The van der Waals surface area contributed by atoms with Gasteiger partial charge < -0.3 is 15.4 Å². The lowest BCUT2D eigenvalue weighted by atomic mass is 9.91. The number of amides is 1. The third-order valence-corrected chi connectivity index (χ3v) is 2.28. The number of carbonyl (C=O) groups is 2. The number of nitrogens with two attached hydrogens (primary N) is 1. The summed E-state index contributed by atoms with van der Waals surface area (Å²) in [5.41, 5.74) is 5.21. The number of aldehydes is 1. The first-order valence-electron chi connectivity index (χ1n) is 4.22. The maximum absolute atomic E-state index is 11.2. The number of hydrogen-bond donors (Lipinski definition) is 1. The standard InChI is InChI=1S/C8H14N2O2/c9-6-8(12)10(4-5-11)7-2-1-3-7/h5,7H,1-4,6,9H2. The van der Waals surface area contributed by atoms with Crippen LogP contribution >= 0.6 is 0 Å². The molecule has 1 amide bonds. The summed E-state index contributed by atoms with van der Waals surface area (Å²) >= 11 is 0. The summed E-state index contributed by atoms with van der Waals surface area (Å²) < 4.78 is 0. The van der Waals surface area contributed by atoms with E-state index in [1.54, 1.807) is 4.90 Å². The fourth-order valence-corrected chi connectivity index (χ4v) is 1.35. The minimum atomic E-state index is -0.119. The normalized spacial score (nSPS) is 16.8. The van der Waals surface area contributed by atoms with Gasteiger partial charge in [0.05, 0.1) is 13.1 Å². The smallest absolute Gasteiger partial charge is 0.236 e. The van der Waals surface area contributed by atoms with Gasteiger partial charge in [-0.15, -0.1) is 0 Å². The van der Waals surface area contributed by atoms with Gasteiger partial charge in [0.15, 0.2) is 0 Å². The average Bonchev–Trinajstić information content (AvgIpc) is 1.99. The molecule has 68 valence electrons. The first-order chi connectivity index (χ1) is 5.79. The molecule has 1 aliphatic carbocycles. The van der Waals surface area contributed by atoms with Crippen molar-refractivity contribution in [2.75, 3.05) is 13.1 Å². The molecule has 2 N–H and O–H groups in total. The molecule has 1 rings (SSSR count). The molecule has 1 fully saturated rings. The molecule has 0 unspecified atom stereocenters. The summed E-state index contributed by atoms with van der Waals surface area (Å²) in [7, 11) is 0. The third kappa shape index (κ3) is 1.82. The Morgan fingerprint density at radius 3 is 2.58 bits per heavy atom. The second kappa shape index (κ2) is 4.21. The van der Waals surface area contributed by atoms with Crippen molar-refractivity contribution >= 4 is 12.2 Å². The van der Waals surface area contributed by atoms with Crippen molar-refractivity contribution < 1.29 is 9.59 Å². The van der Waals surface area contributed by atoms with Crippen LogP contribution < -0.4 is 5.73 Å². The summed E-state index contributed by atoms with van der Waals surface area (Å²) in [6.45, 7) is 0.199. The van der Waals surface area contributed by atoms with Crippen molar-refractivity contribution in [2.24, 2.45) is 5.73 Å². The van der Waals surface area contributed by atoms with E-state index in [1.807, 2.05) is 0 Å². The van der Waals surface area contributed by atoms with Crippen molar-refractivity contribution in [3.05, 3.63) is 0 Å². The molecule has 0 aromatic rings. The second-order valence-electron chi connectivity index (χ2n) is 3.00. The van der Waals surface area contributed by atoms with Crippen LogP contribution in [0.3, 0.4) is 0 Å². The molecule has 0 aromatic carbocycles. The van der Waals surface area contributed by atoms with Crippen LogP contribution in [0.1, 0.15) is 19.3 Å². The number of carbonyl (C=O) groups excluding carboxylic acids is 2. The first kappa shape index (κ1) is 9.19. The lowest BCUT2D eigenvalue weighted by molar-refractivity contribution is -0.135. The summed E-state index contributed by atoms with van der Waals surface area (Å²) in [6, 6.07) is 0.270. The van der Waals surface area contributed by atoms with Gasteiger partial charge in [-0.25, -0.2) is 0 Å². The van der Waals surface area contributed by atoms with Gasteiger partial charge in [-0.05, 0) is 19.3 Å². The van der Waals surface area contributed by atoms with Gasteiger partial charge in [0.25, 0.3) is 0 Å². The highest BCUT2D eigenvalue weighted by molar-refractivity contribution is 5.80. The summed E-state index contributed by atoms with van der Waals surface area (Å²) in [6.07, 6.45) is 3.93. The zero-order valence-electron chi connectivity index (χ0n) is 7.03. The fourth-order valence-electron chi connectivity index (χ4n) is 1.35. The van der Waals surface area contributed by atoms with Crippen LogP contribution in [-0.2, 0) is 9.59 Å². The highest BCUT2D eigenvalue weighted by Crippen LogP contribution is 2.24. The summed E-state index contributed by atoms with van der Waals surface area (Å²) in [5.74, 6) is -0.119. The third-order valence-electron chi connectivity index (χ3n) is 2.28. The molecule has 0 heterocycles. The van der Waals surface area contributed by atoms with E-state index in [1.165, 1.54) is 0 Å². The lowest BCUT2D eigenvalue weighted by Gasteiger charge is -2.36. The molecular weight excluding hydrogens is 156 g/mol. The molecule has 0 atom stereocenters. The van der Waals surface area contributed by atoms with Gasteiger partial charge in [0, 0.05) is 6.04 Å². The monoisotopic (exact) mass is 170 g/mol.